The van der Waals surface area contributed by atoms with Gasteiger partial charge in [0.15, 0.2) is 5.96 Å². The number of piperidine rings is 1. The summed E-state index contributed by atoms with van der Waals surface area (Å²) < 4.78 is 0. The van der Waals surface area contributed by atoms with E-state index in [0.717, 1.165) is 57.9 Å². The highest BCUT2D eigenvalue weighted by atomic mass is 127. The number of rotatable bonds is 9. The van der Waals surface area contributed by atoms with E-state index < -0.39 is 0 Å². The Balaban J connectivity index is 0.00000676. The predicted octanol–water partition coefficient (Wildman–Crippen LogP) is 2.93. The summed E-state index contributed by atoms with van der Waals surface area (Å²) in [4.78, 5) is 21.3. The van der Waals surface area contributed by atoms with Crippen molar-refractivity contribution in [1.29, 1.82) is 0 Å². The van der Waals surface area contributed by atoms with Crippen LogP contribution in [0, 0.1) is 5.92 Å². The fourth-order valence-corrected chi connectivity index (χ4v) is 3.69. The summed E-state index contributed by atoms with van der Waals surface area (Å²) in [6.07, 6.45) is 3.86. The summed E-state index contributed by atoms with van der Waals surface area (Å²) in [5.74, 6) is 1.69. The van der Waals surface area contributed by atoms with Crippen molar-refractivity contribution in [1.82, 2.24) is 20.4 Å². The molecule has 160 valence electrons. The molecule has 1 fully saturated rings. The number of guanidine groups is 1. The number of nitrogens with zero attached hydrogens (tertiary/aromatic N) is 3. The number of halogens is 1. The molecule has 1 heterocycles. The maximum absolute atomic E-state index is 11.6. The molecular weight excluding hydrogens is 453 g/mol. The van der Waals surface area contributed by atoms with Crippen LogP contribution in [0.4, 0.5) is 0 Å². The van der Waals surface area contributed by atoms with Crippen molar-refractivity contribution in [3.63, 3.8) is 0 Å². The van der Waals surface area contributed by atoms with Crippen LogP contribution in [0.1, 0.15) is 60.3 Å². The second kappa shape index (κ2) is 14.4. The molecule has 1 aliphatic heterocycles. The zero-order valence-corrected chi connectivity index (χ0v) is 20.6. The molecule has 0 spiro atoms. The summed E-state index contributed by atoms with van der Waals surface area (Å²) in [6.45, 7) is 16.0. The maximum Gasteiger partial charge on any atom is 0.220 e. The molecular formula is C20H42IN5O. The van der Waals surface area contributed by atoms with Gasteiger partial charge >= 0.3 is 0 Å². The molecule has 0 unspecified atom stereocenters. The molecule has 0 aromatic carbocycles. The van der Waals surface area contributed by atoms with Gasteiger partial charge in [0, 0.05) is 58.3 Å². The maximum atomic E-state index is 11.6. The van der Waals surface area contributed by atoms with Crippen LogP contribution in [0.5, 0.6) is 0 Å². The van der Waals surface area contributed by atoms with Gasteiger partial charge in [-0.05, 0) is 59.8 Å². The lowest BCUT2D eigenvalue weighted by molar-refractivity contribution is -0.121. The third kappa shape index (κ3) is 9.96. The van der Waals surface area contributed by atoms with Crippen LogP contribution >= 0.6 is 24.0 Å². The van der Waals surface area contributed by atoms with Crippen LogP contribution < -0.4 is 10.6 Å². The molecule has 1 amide bonds. The molecule has 0 aromatic rings. The quantitative estimate of drug-likeness (QED) is 0.224. The van der Waals surface area contributed by atoms with Crippen molar-refractivity contribution < 1.29 is 4.79 Å². The number of hydrogen-bond acceptors (Lipinski definition) is 3. The minimum Gasteiger partial charge on any atom is -0.359 e. The monoisotopic (exact) mass is 495 g/mol. The first-order chi connectivity index (χ1) is 12.4. The topological polar surface area (TPSA) is 60.0 Å². The van der Waals surface area contributed by atoms with Crippen molar-refractivity contribution in [3.8, 4) is 0 Å². The first-order valence-corrected chi connectivity index (χ1v) is 10.4. The Kier molecular flexibility index (Phi) is 14.1. The largest absolute Gasteiger partial charge is 0.359 e. The summed E-state index contributed by atoms with van der Waals surface area (Å²) in [5, 5.41) is 6.17. The van der Waals surface area contributed by atoms with Crippen molar-refractivity contribution in [2.45, 2.75) is 72.4 Å². The van der Waals surface area contributed by atoms with E-state index in [2.05, 4.69) is 55.1 Å². The molecule has 6 nitrogen and oxygen atoms in total. The number of carbonyl (C=O) groups is 1. The minimum absolute atomic E-state index is 0. The van der Waals surface area contributed by atoms with Gasteiger partial charge in [0.25, 0.3) is 0 Å². The van der Waals surface area contributed by atoms with Crippen LogP contribution in [0.25, 0.3) is 0 Å². The average molecular weight is 495 g/mol. The van der Waals surface area contributed by atoms with Gasteiger partial charge in [-0.1, -0.05) is 0 Å². The summed E-state index contributed by atoms with van der Waals surface area (Å²) in [7, 11) is 1.72. The lowest BCUT2D eigenvalue weighted by Gasteiger charge is -2.34. The lowest BCUT2D eigenvalue weighted by atomic mass is 9.93. The molecule has 0 radical (unpaired) electrons. The SMILES string of the molecule is CCNC(=NCCCN(C(C)C)C(C)C)N1CCC(CC(=O)NC)CC1.I. The molecule has 1 rings (SSSR count). The van der Waals surface area contributed by atoms with E-state index in [1.54, 1.807) is 7.05 Å². The van der Waals surface area contributed by atoms with E-state index in [9.17, 15) is 4.79 Å². The number of nitrogens with one attached hydrogen (secondary N) is 2. The second-order valence-corrected chi connectivity index (χ2v) is 7.82. The standard InChI is InChI=1S/C20H41N5O.HI/c1-7-22-20(23-11-8-12-25(16(2)3)17(4)5)24-13-9-18(10-14-24)15-19(26)21-6;/h16-18H,7-15H2,1-6H3,(H,21,26)(H,22,23);1H. The fraction of sp³-hybridized carbons (Fsp3) is 0.900. The number of carbonyl (C=O) groups excluding carboxylic acids is 1. The fourth-order valence-electron chi connectivity index (χ4n) is 3.69. The van der Waals surface area contributed by atoms with Gasteiger partial charge in [0.2, 0.25) is 5.91 Å². The highest BCUT2D eigenvalue weighted by molar-refractivity contribution is 14.0. The van der Waals surface area contributed by atoms with Crippen LogP contribution in [-0.2, 0) is 4.79 Å². The Hall–Kier alpha value is -0.570. The van der Waals surface area contributed by atoms with Crippen molar-refractivity contribution in [2.24, 2.45) is 10.9 Å². The smallest absolute Gasteiger partial charge is 0.220 e. The Bertz CT molecular complexity index is 426. The number of hydrogen-bond donors (Lipinski definition) is 2. The second-order valence-electron chi connectivity index (χ2n) is 7.82. The van der Waals surface area contributed by atoms with Gasteiger partial charge in [-0.2, -0.15) is 0 Å². The highest BCUT2D eigenvalue weighted by Crippen LogP contribution is 2.20. The van der Waals surface area contributed by atoms with Crippen LogP contribution in [-0.4, -0.2) is 73.5 Å². The Morgan fingerprint density at radius 2 is 1.78 bits per heavy atom. The molecule has 2 N–H and O–H groups in total. The Morgan fingerprint density at radius 3 is 2.26 bits per heavy atom. The van der Waals surface area contributed by atoms with Gasteiger partial charge in [0.05, 0.1) is 0 Å². The van der Waals surface area contributed by atoms with E-state index in [-0.39, 0.29) is 29.9 Å². The lowest BCUT2D eigenvalue weighted by Crippen LogP contribution is -2.46. The van der Waals surface area contributed by atoms with Gasteiger partial charge in [-0.25, -0.2) is 0 Å². The van der Waals surface area contributed by atoms with Gasteiger partial charge in [-0.3, -0.25) is 14.7 Å². The normalized spacial score (nSPS) is 16.0. The Labute approximate surface area is 183 Å². The Morgan fingerprint density at radius 1 is 1.19 bits per heavy atom. The number of aliphatic imine (C=N–C) groups is 1. The van der Waals surface area contributed by atoms with E-state index in [0.29, 0.717) is 24.4 Å². The van der Waals surface area contributed by atoms with Gasteiger partial charge in [-0.15, -0.1) is 24.0 Å². The summed E-state index contributed by atoms with van der Waals surface area (Å²) in [5.41, 5.74) is 0. The van der Waals surface area contributed by atoms with E-state index in [1.807, 2.05) is 0 Å². The van der Waals surface area contributed by atoms with Crippen LogP contribution in [0.3, 0.4) is 0 Å². The van der Waals surface area contributed by atoms with E-state index >= 15 is 0 Å². The molecule has 0 bridgehead atoms. The third-order valence-corrected chi connectivity index (χ3v) is 5.16. The first kappa shape index (κ1) is 26.4. The molecule has 1 saturated heterocycles. The van der Waals surface area contributed by atoms with Crippen molar-refractivity contribution >= 4 is 35.8 Å². The molecule has 1 aliphatic rings. The van der Waals surface area contributed by atoms with Crippen LogP contribution in [0.2, 0.25) is 0 Å². The number of likely N-dealkylation sites (tertiary alicyclic amines) is 1. The molecule has 7 heteroatoms. The minimum atomic E-state index is 0. The molecule has 0 aliphatic carbocycles. The van der Waals surface area contributed by atoms with E-state index in [1.165, 1.54) is 0 Å². The zero-order chi connectivity index (χ0) is 19.5. The third-order valence-electron chi connectivity index (χ3n) is 5.16. The predicted molar refractivity (Wildman–Crippen MR) is 126 cm³/mol. The summed E-state index contributed by atoms with van der Waals surface area (Å²) >= 11 is 0. The zero-order valence-electron chi connectivity index (χ0n) is 18.3. The molecule has 27 heavy (non-hydrogen) atoms. The average Bonchev–Trinajstić information content (AvgIpc) is 2.60. The van der Waals surface area contributed by atoms with Gasteiger partial charge < -0.3 is 15.5 Å². The molecule has 0 atom stereocenters. The molecule has 0 saturated carbocycles. The van der Waals surface area contributed by atoms with Gasteiger partial charge in [0.1, 0.15) is 0 Å². The highest BCUT2D eigenvalue weighted by Gasteiger charge is 2.23. The van der Waals surface area contributed by atoms with E-state index in [4.69, 9.17) is 4.99 Å². The van der Waals surface area contributed by atoms with Crippen molar-refractivity contribution in [3.05, 3.63) is 0 Å². The molecule has 0 aromatic heterocycles. The number of amides is 1. The first-order valence-electron chi connectivity index (χ1n) is 10.4. The van der Waals surface area contributed by atoms with Crippen LogP contribution in [0.15, 0.2) is 4.99 Å². The van der Waals surface area contributed by atoms with Crippen molar-refractivity contribution in [2.75, 3.05) is 39.8 Å². The summed E-state index contributed by atoms with van der Waals surface area (Å²) in [6, 6.07) is 1.15.